The number of rotatable bonds is 6. The fourth-order valence-electron chi connectivity index (χ4n) is 3.13. The molecule has 3 aromatic rings. The van der Waals surface area contributed by atoms with Crippen molar-refractivity contribution in [2.75, 3.05) is 11.5 Å². The molecular formula is C24H20O5S2. The van der Waals surface area contributed by atoms with E-state index in [-0.39, 0.29) is 15.9 Å². The molecule has 1 N–H and O–H groups in total. The van der Waals surface area contributed by atoms with E-state index >= 15 is 0 Å². The first-order chi connectivity index (χ1) is 15.1. The van der Waals surface area contributed by atoms with Crippen LogP contribution in [0.15, 0.2) is 72.8 Å². The molecule has 1 aliphatic rings. The number of para-hydroxylation sites is 1. The van der Waals surface area contributed by atoms with Gasteiger partial charge in [-0.05, 0) is 59.9 Å². The topological polar surface area (TPSA) is 72.8 Å². The molecule has 7 heteroatoms. The third-order valence-corrected chi connectivity index (χ3v) is 7.58. The Kier molecular flexibility index (Phi) is 6.84. The first-order valence-corrected chi connectivity index (χ1v) is 11.9. The molecule has 1 saturated heterocycles. The average Bonchev–Trinajstić information content (AvgIpc) is 2.80. The number of carbonyl (C=O) groups excluding carboxylic acids is 1. The molecule has 1 aliphatic heterocycles. The van der Waals surface area contributed by atoms with E-state index < -0.39 is 11.9 Å². The third kappa shape index (κ3) is 5.42. The van der Waals surface area contributed by atoms with Gasteiger partial charge in [-0.25, -0.2) is 9.59 Å². The summed E-state index contributed by atoms with van der Waals surface area (Å²) < 4.78 is 11.8. The molecule has 31 heavy (non-hydrogen) atoms. The summed E-state index contributed by atoms with van der Waals surface area (Å²) in [5.74, 6) is 1.61. The summed E-state index contributed by atoms with van der Waals surface area (Å²) in [7, 11) is 0. The predicted molar refractivity (Wildman–Crippen MR) is 124 cm³/mol. The second-order valence-corrected chi connectivity index (χ2v) is 9.55. The Hall–Kier alpha value is -2.90. The maximum atomic E-state index is 12.6. The van der Waals surface area contributed by atoms with Gasteiger partial charge >= 0.3 is 11.9 Å². The summed E-state index contributed by atoms with van der Waals surface area (Å²) in [5, 5.41) is 9.45. The molecule has 158 valence electrons. The van der Waals surface area contributed by atoms with Crippen molar-refractivity contribution in [1.29, 1.82) is 0 Å². The summed E-state index contributed by atoms with van der Waals surface area (Å²) >= 11 is 3.67. The Morgan fingerprint density at radius 2 is 1.55 bits per heavy atom. The van der Waals surface area contributed by atoms with Gasteiger partial charge in [0.1, 0.15) is 22.8 Å². The molecule has 0 unspecified atom stereocenters. The fourth-order valence-corrected chi connectivity index (χ4v) is 5.98. The lowest BCUT2D eigenvalue weighted by Gasteiger charge is -2.22. The van der Waals surface area contributed by atoms with E-state index in [1.165, 1.54) is 6.07 Å². The second-order valence-electron chi connectivity index (χ2n) is 6.82. The van der Waals surface area contributed by atoms with Crippen molar-refractivity contribution in [1.82, 2.24) is 0 Å². The maximum absolute atomic E-state index is 12.6. The van der Waals surface area contributed by atoms with Crippen LogP contribution >= 0.6 is 23.5 Å². The molecule has 5 nitrogen and oxygen atoms in total. The zero-order valence-corrected chi connectivity index (χ0v) is 18.2. The van der Waals surface area contributed by atoms with E-state index in [9.17, 15) is 14.7 Å². The van der Waals surface area contributed by atoms with Gasteiger partial charge in [-0.1, -0.05) is 30.3 Å². The van der Waals surface area contributed by atoms with Gasteiger partial charge in [0.05, 0.1) is 10.1 Å². The summed E-state index contributed by atoms with van der Waals surface area (Å²) in [6.07, 6.45) is 1.16. The van der Waals surface area contributed by atoms with Crippen molar-refractivity contribution in [3.63, 3.8) is 0 Å². The standard InChI is InChI=1S/C24H20O5S2/c25-22(26)20-9-4-5-10-21(20)28-18-13-17(24-30-11-6-12-31-24)14-19(15-18)29-23(27)16-7-2-1-3-8-16/h1-5,7-10,13-15,24H,6,11-12H2,(H,25,26). The molecule has 0 spiro atoms. The smallest absolute Gasteiger partial charge is 0.343 e. The zero-order valence-electron chi connectivity index (χ0n) is 16.5. The van der Waals surface area contributed by atoms with Crippen molar-refractivity contribution < 1.29 is 24.2 Å². The summed E-state index contributed by atoms with van der Waals surface area (Å²) in [4.78, 5) is 24.1. The van der Waals surface area contributed by atoms with E-state index in [2.05, 4.69) is 0 Å². The lowest BCUT2D eigenvalue weighted by molar-refractivity contribution is 0.0692. The van der Waals surface area contributed by atoms with Crippen LogP contribution in [0.4, 0.5) is 0 Å². The minimum atomic E-state index is -1.07. The van der Waals surface area contributed by atoms with Crippen molar-refractivity contribution in [3.8, 4) is 17.2 Å². The first kappa shape index (κ1) is 21.3. The highest BCUT2D eigenvalue weighted by atomic mass is 32.2. The average molecular weight is 453 g/mol. The van der Waals surface area contributed by atoms with Crippen LogP contribution < -0.4 is 9.47 Å². The van der Waals surface area contributed by atoms with Crippen LogP contribution in [0.5, 0.6) is 17.2 Å². The highest BCUT2D eigenvalue weighted by molar-refractivity contribution is 8.16. The van der Waals surface area contributed by atoms with Gasteiger partial charge in [-0.2, -0.15) is 0 Å². The van der Waals surface area contributed by atoms with Crippen LogP contribution in [0, 0.1) is 0 Å². The number of carboxylic acid groups (broad SMARTS) is 1. The normalized spacial score (nSPS) is 14.1. The molecule has 0 atom stereocenters. The largest absolute Gasteiger partial charge is 0.478 e. The van der Waals surface area contributed by atoms with Crippen LogP contribution in [0.3, 0.4) is 0 Å². The fraction of sp³-hybridized carbons (Fsp3) is 0.167. The first-order valence-electron chi connectivity index (χ1n) is 9.76. The monoisotopic (exact) mass is 452 g/mol. The number of esters is 1. The van der Waals surface area contributed by atoms with Crippen molar-refractivity contribution in [3.05, 3.63) is 89.5 Å². The van der Waals surface area contributed by atoms with Crippen LogP contribution in [-0.4, -0.2) is 28.6 Å². The molecule has 0 bridgehead atoms. The molecular weight excluding hydrogens is 432 g/mol. The number of aromatic carboxylic acids is 1. The number of ether oxygens (including phenoxy) is 2. The Morgan fingerprint density at radius 1 is 0.871 bits per heavy atom. The molecule has 4 rings (SSSR count). The lowest BCUT2D eigenvalue weighted by Crippen LogP contribution is -2.09. The van der Waals surface area contributed by atoms with E-state index in [1.807, 2.05) is 41.7 Å². The van der Waals surface area contributed by atoms with Crippen LogP contribution in [-0.2, 0) is 0 Å². The number of hydrogen-bond donors (Lipinski definition) is 1. The molecule has 3 aromatic carbocycles. The summed E-state index contributed by atoms with van der Waals surface area (Å²) in [5.41, 5.74) is 1.49. The van der Waals surface area contributed by atoms with E-state index in [0.717, 1.165) is 23.5 Å². The highest BCUT2D eigenvalue weighted by Gasteiger charge is 2.20. The van der Waals surface area contributed by atoms with Gasteiger partial charge in [0, 0.05) is 6.07 Å². The minimum Gasteiger partial charge on any atom is -0.478 e. The molecule has 0 saturated carbocycles. The SMILES string of the molecule is O=C(Oc1cc(Oc2ccccc2C(=O)O)cc(C2SCCCS2)c1)c1ccccc1. The van der Waals surface area contributed by atoms with Crippen molar-refractivity contribution >= 4 is 35.5 Å². The Bertz CT molecular complexity index is 1080. The lowest BCUT2D eigenvalue weighted by atomic mass is 10.2. The molecule has 0 amide bonds. The Labute approximate surface area is 188 Å². The third-order valence-electron chi connectivity index (χ3n) is 4.57. The van der Waals surface area contributed by atoms with Gasteiger partial charge in [-0.3, -0.25) is 0 Å². The molecule has 1 heterocycles. The van der Waals surface area contributed by atoms with Crippen molar-refractivity contribution in [2.24, 2.45) is 0 Å². The number of carboxylic acids is 1. The Balaban J connectivity index is 1.66. The van der Waals surface area contributed by atoms with Gasteiger partial charge in [0.25, 0.3) is 0 Å². The highest BCUT2D eigenvalue weighted by Crippen LogP contribution is 2.46. The summed E-state index contributed by atoms with van der Waals surface area (Å²) in [6.45, 7) is 0. The molecule has 0 radical (unpaired) electrons. The van der Waals surface area contributed by atoms with Crippen LogP contribution in [0.1, 0.15) is 37.3 Å². The quantitative estimate of drug-likeness (QED) is 0.349. The van der Waals surface area contributed by atoms with Gasteiger partial charge < -0.3 is 14.6 Å². The molecule has 0 aliphatic carbocycles. The maximum Gasteiger partial charge on any atom is 0.343 e. The number of thioether (sulfide) groups is 2. The number of benzene rings is 3. The van der Waals surface area contributed by atoms with Crippen molar-refractivity contribution in [2.45, 2.75) is 11.0 Å². The van der Waals surface area contributed by atoms with Gasteiger partial charge in [0.15, 0.2) is 0 Å². The number of hydrogen-bond acceptors (Lipinski definition) is 6. The predicted octanol–water partition coefficient (Wildman–Crippen LogP) is 6.27. The second kappa shape index (κ2) is 9.94. The molecule has 0 aromatic heterocycles. The van der Waals surface area contributed by atoms with E-state index in [0.29, 0.717) is 17.1 Å². The van der Waals surface area contributed by atoms with E-state index in [1.54, 1.807) is 48.5 Å². The van der Waals surface area contributed by atoms with Crippen LogP contribution in [0.25, 0.3) is 0 Å². The Morgan fingerprint density at radius 3 is 2.29 bits per heavy atom. The van der Waals surface area contributed by atoms with E-state index in [4.69, 9.17) is 9.47 Å². The van der Waals surface area contributed by atoms with Gasteiger partial charge in [0.2, 0.25) is 0 Å². The minimum absolute atomic E-state index is 0.0668. The number of carbonyl (C=O) groups is 2. The van der Waals surface area contributed by atoms with Gasteiger partial charge in [-0.15, -0.1) is 23.5 Å². The molecule has 1 fully saturated rings. The zero-order chi connectivity index (χ0) is 21.6. The van der Waals surface area contributed by atoms with Crippen LogP contribution in [0.2, 0.25) is 0 Å². The summed E-state index contributed by atoms with van der Waals surface area (Å²) in [6, 6.07) is 20.6.